The molecule has 3 saturated heterocycles. The molecule has 0 aliphatic carbocycles. The molecule has 3 aliphatic heterocycles. The van der Waals surface area contributed by atoms with Crippen molar-refractivity contribution in [3.8, 4) is 29.1 Å². The number of aromatic nitrogens is 2. The number of nitrogens with two attached hydrogens (primary N) is 1. The Morgan fingerprint density at radius 1 is 1.28 bits per heavy atom. The summed E-state index contributed by atoms with van der Waals surface area (Å²) in [6, 6.07) is 5.43. The number of fused-ring (bicyclic) bond motifs is 3. The number of nitriles is 1. The third-order valence-electron chi connectivity index (χ3n) is 9.21. The molecule has 0 radical (unpaired) electrons. The summed E-state index contributed by atoms with van der Waals surface area (Å²) in [5.74, 6) is -2.32. The van der Waals surface area contributed by atoms with Gasteiger partial charge in [-0.1, -0.05) is 24.2 Å². The van der Waals surface area contributed by atoms with Gasteiger partial charge in [-0.3, -0.25) is 9.69 Å². The lowest BCUT2D eigenvalue weighted by Gasteiger charge is -2.30. The van der Waals surface area contributed by atoms with Crippen LogP contribution in [0.4, 0.5) is 22.6 Å². The molecule has 0 bridgehead atoms. The average molecular weight is 687 g/mol. The standard InChI is InChI=1S/C32H27ClF4N6O3S/c1-2-23(44)42-12-21(36)22(13-42)46-30-17-8-19(33)25(16-4-5-20(35)28-24(16)18(10-38)29(39)47-28)26(37)27(17)40-31(41-30)45-14-32-6-3-7-43(32)11-15(34)9-32/h2,4-5,8,15,21-22H,1,3,6-7,9,11-14,39H2/t15-,21-,22+,32+/m1/s1. The van der Waals surface area contributed by atoms with Crippen molar-refractivity contribution in [2.24, 2.45) is 0 Å². The number of anilines is 1. The Kier molecular flexibility index (Phi) is 7.89. The van der Waals surface area contributed by atoms with Gasteiger partial charge in [-0.15, -0.1) is 11.3 Å². The molecule has 47 heavy (non-hydrogen) atoms. The Morgan fingerprint density at radius 3 is 2.85 bits per heavy atom. The summed E-state index contributed by atoms with van der Waals surface area (Å²) < 4.78 is 73.2. The molecule has 244 valence electrons. The van der Waals surface area contributed by atoms with Crippen molar-refractivity contribution in [3.05, 3.63) is 53.1 Å². The van der Waals surface area contributed by atoms with Crippen LogP contribution in [0.1, 0.15) is 24.8 Å². The number of hydrogen-bond acceptors (Lipinski definition) is 9. The van der Waals surface area contributed by atoms with Crippen molar-refractivity contribution in [2.75, 3.05) is 38.5 Å². The molecule has 3 aliphatic rings. The van der Waals surface area contributed by atoms with Crippen LogP contribution in [0.25, 0.3) is 32.1 Å². The van der Waals surface area contributed by atoms with Crippen molar-refractivity contribution in [1.82, 2.24) is 19.8 Å². The van der Waals surface area contributed by atoms with E-state index < -0.39 is 41.5 Å². The zero-order valence-electron chi connectivity index (χ0n) is 24.7. The molecule has 7 rings (SSSR count). The van der Waals surface area contributed by atoms with Gasteiger partial charge in [0.1, 0.15) is 35.2 Å². The zero-order chi connectivity index (χ0) is 33.2. The van der Waals surface area contributed by atoms with Crippen LogP contribution in [0.5, 0.6) is 11.9 Å². The Balaban J connectivity index is 1.36. The number of carbonyl (C=O) groups is 1. The Bertz CT molecular complexity index is 2010. The van der Waals surface area contributed by atoms with Gasteiger partial charge in [0.05, 0.1) is 39.3 Å². The smallest absolute Gasteiger partial charge is 0.320 e. The summed E-state index contributed by atoms with van der Waals surface area (Å²) in [6.07, 6.45) is -0.881. The van der Waals surface area contributed by atoms with Gasteiger partial charge in [0.25, 0.3) is 0 Å². The second-order valence-electron chi connectivity index (χ2n) is 12.0. The van der Waals surface area contributed by atoms with Crippen LogP contribution in [-0.4, -0.2) is 82.4 Å². The molecule has 2 aromatic heterocycles. The zero-order valence-corrected chi connectivity index (χ0v) is 26.3. The maximum atomic E-state index is 16.8. The SMILES string of the molecule is C=CC(=O)N1C[C@@H](F)[C@@H](Oc2nc(OC[C@@]34CCCN3C[C@H](F)C4)nc3c(F)c(-c4ccc(F)c5sc(N)c(C#N)c45)c(Cl)cc23)C1. The molecule has 2 aromatic carbocycles. The van der Waals surface area contributed by atoms with E-state index in [0.29, 0.717) is 6.42 Å². The van der Waals surface area contributed by atoms with Crippen LogP contribution >= 0.6 is 22.9 Å². The van der Waals surface area contributed by atoms with Crippen LogP contribution in [-0.2, 0) is 4.79 Å². The second-order valence-corrected chi connectivity index (χ2v) is 13.5. The van der Waals surface area contributed by atoms with E-state index >= 15 is 8.78 Å². The van der Waals surface area contributed by atoms with E-state index in [1.165, 1.54) is 17.0 Å². The van der Waals surface area contributed by atoms with Crippen LogP contribution in [0.15, 0.2) is 30.9 Å². The van der Waals surface area contributed by atoms with E-state index in [2.05, 4.69) is 16.5 Å². The first-order chi connectivity index (χ1) is 22.5. The fraction of sp³-hybridized carbons (Fsp3) is 0.375. The van der Waals surface area contributed by atoms with Gasteiger partial charge >= 0.3 is 6.01 Å². The van der Waals surface area contributed by atoms with Crippen molar-refractivity contribution in [2.45, 2.75) is 43.2 Å². The Hall–Kier alpha value is -4.19. The first kappa shape index (κ1) is 31.4. The maximum Gasteiger partial charge on any atom is 0.320 e. The lowest BCUT2D eigenvalue weighted by molar-refractivity contribution is -0.125. The van der Waals surface area contributed by atoms with E-state index in [0.717, 1.165) is 36.4 Å². The van der Waals surface area contributed by atoms with E-state index in [1.54, 1.807) is 0 Å². The minimum atomic E-state index is -1.60. The third kappa shape index (κ3) is 5.21. The van der Waals surface area contributed by atoms with Crippen LogP contribution in [0.3, 0.4) is 0 Å². The first-order valence-corrected chi connectivity index (χ1v) is 16.1. The molecule has 1 amide bonds. The topological polar surface area (TPSA) is 118 Å². The fourth-order valence-electron chi connectivity index (χ4n) is 7.00. The number of likely N-dealkylation sites (tertiary alicyclic amines) is 1. The number of carbonyl (C=O) groups excluding carboxylic acids is 1. The summed E-state index contributed by atoms with van der Waals surface area (Å²) in [4.78, 5) is 24.2. The first-order valence-electron chi connectivity index (χ1n) is 14.9. The number of alkyl halides is 2. The number of amides is 1. The predicted octanol–water partition coefficient (Wildman–Crippen LogP) is 5.97. The number of nitrogen functional groups attached to an aromatic ring is 1. The molecule has 4 aromatic rings. The second kappa shape index (κ2) is 11.8. The summed E-state index contributed by atoms with van der Waals surface area (Å²) in [5.41, 5.74) is 5.03. The molecule has 0 saturated carbocycles. The minimum Gasteiger partial charge on any atom is -0.469 e. The molecule has 9 nitrogen and oxygen atoms in total. The van der Waals surface area contributed by atoms with Crippen LogP contribution in [0.2, 0.25) is 5.02 Å². The highest BCUT2D eigenvalue weighted by molar-refractivity contribution is 7.23. The molecule has 15 heteroatoms. The third-order valence-corrected chi connectivity index (χ3v) is 10.5. The van der Waals surface area contributed by atoms with Gasteiger partial charge in [-0.25, -0.2) is 17.6 Å². The number of hydrogen-bond donors (Lipinski definition) is 1. The number of thiophene rings is 1. The van der Waals surface area contributed by atoms with E-state index in [-0.39, 0.29) is 92.3 Å². The molecule has 0 spiro atoms. The number of halogens is 5. The van der Waals surface area contributed by atoms with E-state index in [1.807, 2.05) is 11.0 Å². The number of ether oxygens (including phenoxy) is 2. The molecular formula is C32H27ClF4N6O3S. The highest BCUT2D eigenvalue weighted by Gasteiger charge is 2.49. The predicted molar refractivity (Wildman–Crippen MR) is 169 cm³/mol. The molecule has 5 heterocycles. The lowest BCUT2D eigenvalue weighted by atomic mass is 9.95. The summed E-state index contributed by atoms with van der Waals surface area (Å²) in [6.45, 7) is 4.11. The number of nitrogens with zero attached hydrogens (tertiary/aromatic N) is 5. The molecule has 3 fully saturated rings. The van der Waals surface area contributed by atoms with E-state index in [9.17, 15) is 18.8 Å². The molecule has 0 unspecified atom stereocenters. The van der Waals surface area contributed by atoms with E-state index in [4.69, 9.17) is 26.8 Å². The summed E-state index contributed by atoms with van der Waals surface area (Å²) in [7, 11) is 0. The molecule has 2 N–H and O–H groups in total. The van der Waals surface area contributed by atoms with Gasteiger partial charge in [0.2, 0.25) is 11.8 Å². The lowest BCUT2D eigenvalue weighted by Crippen LogP contribution is -2.43. The highest BCUT2D eigenvalue weighted by Crippen LogP contribution is 2.46. The van der Waals surface area contributed by atoms with Crippen molar-refractivity contribution >= 4 is 54.8 Å². The van der Waals surface area contributed by atoms with Crippen LogP contribution < -0.4 is 15.2 Å². The average Bonchev–Trinajstić information content (AvgIpc) is 3.78. The molecular weight excluding hydrogens is 660 g/mol. The summed E-state index contributed by atoms with van der Waals surface area (Å²) in [5, 5.41) is 9.78. The number of benzene rings is 2. The van der Waals surface area contributed by atoms with Crippen molar-refractivity contribution in [1.29, 1.82) is 5.26 Å². The van der Waals surface area contributed by atoms with Crippen LogP contribution in [0, 0.1) is 23.0 Å². The Morgan fingerprint density at radius 2 is 2.09 bits per heavy atom. The Labute approximate surface area is 275 Å². The normalized spacial score (nSPS) is 24.2. The highest BCUT2D eigenvalue weighted by atomic mass is 35.5. The monoisotopic (exact) mass is 686 g/mol. The van der Waals surface area contributed by atoms with Gasteiger partial charge < -0.3 is 20.1 Å². The number of rotatable bonds is 7. The van der Waals surface area contributed by atoms with Crippen molar-refractivity contribution < 1.29 is 31.8 Å². The largest absolute Gasteiger partial charge is 0.469 e. The van der Waals surface area contributed by atoms with Gasteiger partial charge in [0, 0.05) is 23.9 Å². The van der Waals surface area contributed by atoms with Crippen molar-refractivity contribution in [3.63, 3.8) is 0 Å². The van der Waals surface area contributed by atoms with Gasteiger partial charge in [0.15, 0.2) is 18.1 Å². The van der Waals surface area contributed by atoms with Gasteiger partial charge in [-0.05, 0) is 43.2 Å². The van der Waals surface area contributed by atoms with Gasteiger partial charge in [-0.2, -0.15) is 15.2 Å². The maximum absolute atomic E-state index is 16.8. The fourth-order valence-corrected chi connectivity index (χ4v) is 8.25. The summed E-state index contributed by atoms with van der Waals surface area (Å²) >= 11 is 7.54. The minimum absolute atomic E-state index is 0.0154. The quantitative estimate of drug-likeness (QED) is 0.187. The molecule has 4 atom stereocenters.